The minimum absolute atomic E-state index is 0.426. The third kappa shape index (κ3) is 3.31. The lowest BCUT2D eigenvalue weighted by Gasteiger charge is -2.40. The zero-order valence-corrected chi connectivity index (χ0v) is 12.6. The summed E-state index contributed by atoms with van der Waals surface area (Å²) < 4.78 is 7.61. The Hall–Kier alpha value is -1.70. The molecule has 4 N–H and O–H groups in total. The van der Waals surface area contributed by atoms with E-state index in [9.17, 15) is 20.4 Å². The van der Waals surface area contributed by atoms with Gasteiger partial charge in [0.25, 0.3) is 0 Å². The van der Waals surface area contributed by atoms with Gasteiger partial charge in [-0.25, -0.2) is 0 Å². The Morgan fingerprint density at radius 3 is 2.39 bits per heavy atom. The molecular formula is C17H21NO5. The monoisotopic (exact) mass is 319 g/mol. The second-order valence-corrected chi connectivity index (χ2v) is 5.85. The molecule has 1 aliphatic rings. The fourth-order valence-corrected chi connectivity index (χ4v) is 2.93. The molecule has 2 aromatic rings. The van der Waals surface area contributed by atoms with Crippen LogP contribution in [0.15, 0.2) is 48.8 Å². The van der Waals surface area contributed by atoms with Crippen molar-refractivity contribution in [2.24, 2.45) is 0 Å². The number of benzene rings is 1. The Morgan fingerprint density at radius 1 is 0.957 bits per heavy atom. The van der Waals surface area contributed by atoms with E-state index in [2.05, 4.69) is 0 Å². The number of aliphatic hydroxyl groups is 4. The summed E-state index contributed by atoms with van der Waals surface area (Å²) in [5, 5.41) is 39.2. The van der Waals surface area contributed by atoms with E-state index in [1.807, 2.05) is 47.3 Å². The van der Waals surface area contributed by atoms with Crippen molar-refractivity contribution in [2.75, 3.05) is 6.61 Å². The first-order valence-electron chi connectivity index (χ1n) is 7.60. The van der Waals surface area contributed by atoms with Gasteiger partial charge < -0.3 is 29.7 Å². The van der Waals surface area contributed by atoms with Crippen molar-refractivity contribution in [2.45, 2.75) is 37.1 Å². The predicted molar refractivity (Wildman–Crippen MR) is 82.7 cm³/mol. The van der Waals surface area contributed by atoms with Crippen molar-refractivity contribution < 1.29 is 25.2 Å². The van der Waals surface area contributed by atoms with Crippen molar-refractivity contribution in [3.05, 3.63) is 59.9 Å². The highest BCUT2D eigenvalue weighted by Gasteiger charge is 2.43. The van der Waals surface area contributed by atoms with Crippen LogP contribution in [0.25, 0.3) is 0 Å². The number of aliphatic hydroxyl groups excluding tert-OH is 4. The van der Waals surface area contributed by atoms with Gasteiger partial charge >= 0.3 is 0 Å². The Balaban J connectivity index is 1.82. The van der Waals surface area contributed by atoms with Crippen molar-refractivity contribution in [1.29, 1.82) is 0 Å². The highest BCUT2D eigenvalue weighted by molar-refractivity contribution is 5.27. The zero-order valence-electron chi connectivity index (χ0n) is 12.6. The van der Waals surface area contributed by atoms with Crippen LogP contribution in [0.4, 0.5) is 0 Å². The van der Waals surface area contributed by atoms with Gasteiger partial charge in [0.1, 0.15) is 30.5 Å². The number of hydrogen-bond donors (Lipinski definition) is 4. The van der Waals surface area contributed by atoms with Crippen LogP contribution in [0.3, 0.4) is 0 Å². The molecule has 3 rings (SSSR count). The maximum Gasteiger partial charge on any atom is 0.113 e. The fraction of sp³-hybridized carbons (Fsp3) is 0.412. The Bertz CT molecular complexity index is 628. The average molecular weight is 319 g/mol. The van der Waals surface area contributed by atoms with E-state index in [1.54, 1.807) is 6.07 Å². The molecule has 0 bridgehead atoms. The highest BCUT2D eigenvalue weighted by atomic mass is 16.5. The summed E-state index contributed by atoms with van der Waals surface area (Å²) in [4.78, 5) is 0. The summed E-state index contributed by atoms with van der Waals surface area (Å²) >= 11 is 0. The van der Waals surface area contributed by atoms with E-state index >= 15 is 0 Å². The largest absolute Gasteiger partial charge is 0.394 e. The summed E-state index contributed by atoms with van der Waals surface area (Å²) in [7, 11) is 0. The minimum Gasteiger partial charge on any atom is -0.394 e. The summed E-state index contributed by atoms with van der Waals surface area (Å²) in [6.45, 7) is 0.253. The van der Waals surface area contributed by atoms with E-state index in [0.717, 1.165) is 5.56 Å². The summed E-state index contributed by atoms with van der Waals surface area (Å²) in [6, 6.07) is 11.4. The molecule has 5 atom stereocenters. The van der Waals surface area contributed by atoms with Crippen LogP contribution in [0.2, 0.25) is 0 Å². The highest BCUT2D eigenvalue weighted by Crippen LogP contribution is 2.32. The number of nitrogens with zero attached hydrogens (tertiary/aromatic N) is 1. The quantitative estimate of drug-likeness (QED) is 0.639. The number of ether oxygens (including phenoxy) is 1. The molecule has 124 valence electrons. The maximum atomic E-state index is 10.2. The lowest BCUT2D eigenvalue weighted by atomic mass is 9.90. The van der Waals surface area contributed by atoms with Crippen LogP contribution in [-0.4, -0.2) is 56.0 Å². The average Bonchev–Trinajstić information content (AvgIpc) is 3.06. The second kappa shape index (κ2) is 6.82. The standard InChI is InChI=1S/C17H21NO5/c19-10-13-14(20)15(21)16(22)17(23-13)12-5-3-4-11(8-12)9-18-6-1-2-7-18/h1-8,13-17,19-22H,9-10H2/t13?,14-,15?,16-,17+/m1/s1. The molecular weight excluding hydrogens is 298 g/mol. The van der Waals surface area contributed by atoms with E-state index in [-0.39, 0.29) is 0 Å². The smallest absolute Gasteiger partial charge is 0.113 e. The van der Waals surface area contributed by atoms with Crippen LogP contribution in [0, 0.1) is 0 Å². The third-order valence-electron chi connectivity index (χ3n) is 4.20. The normalized spacial score (nSPS) is 31.2. The van der Waals surface area contributed by atoms with Crippen LogP contribution < -0.4 is 0 Å². The van der Waals surface area contributed by atoms with Gasteiger partial charge in [-0.05, 0) is 23.3 Å². The van der Waals surface area contributed by atoms with Gasteiger partial charge in [0, 0.05) is 18.9 Å². The molecule has 0 spiro atoms. The molecule has 1 saturated heterocycles. The molecule has 1 fully saturated rings. The molecule has 6 heteroatoms. The van der Waals surface area contributed by atoms with Crippen LogP contribution in [0.1, 0.15) is 17.2 Å². The van der Waals surface area contributed by atoms with Gasteiger partial charge in [-0.15, -0.1) is 0 Å². The van der Waals surface area contributed by atoms with Crippen LogP contribution >= 0.6 is 0 Å². The number of hydrogen-bond acceptors (Lipinski definition) is 5. The lowest BCUT2D eigenvalue weighted by Crippen LogP contribution is -2.55. The third-order valence-corrected chi connectivity index (χ3v) is 4.20. The van der Waals surface area contributed by atoms with Crippen molar-refractivity contribution in [3.8, 4) is 0 Å². The Labute approximate surface area is 134 Å². The zero-order chi connectivity index (χ0) is 16.4. The topological polar surface area (TPSA) is 95.1 Å². The molecule has 1 aliphatic heterocycles. The van der Waals surface area contributed by atoms with Crippen LogP contribution in [0.5, 0.6) is 0 Å². The van der Waals surface area contributed by atoms with E-state index < -0.39 is 37.1 Å². The van der Waals surface area contributed by atoms with Gasteiger partial charge in [0.2, 0.25) is 0 Å². The molecule has 1 aromatic heterocycles. The SMILES string of the molecule is OCC1O[C@@H](c2cccc(Cn3cccc3)c2)[C@H](O)C(O)[C@@H]1O. The van der Waals surface area contributed by atoms with Gasteiger partial charge in [0.05, 0.1) is 6.61 Å². The van der Waals surface area contributed by atoms with Crippen molar-refractivity contribution in [1.82, 2.24) is 4.57 Å². The van der Waals surface area contributed by atoms with Gasteiger partial charge in [0.15, 0.2) is 0 Å². The Kier molecular flexibility index (Phi) is 4.79. The first-order chi connectivity index (χ1) is 11.1. The van der Waals surface area contributed by atoms with Gasteiger partial charge in [-0.2, -0.15) is 0 Å². The van der Waals surface area contributed by atoms with E-state index in [1.165, 1.54) is 0 Å². The molecule has 6 nitrogen and oxygen atoms in total. The van der Waals surface area contributed by atoms with Gasteiger partial charge in [-0.1, -0.05) is 24.3 Å². The van der Waals surface area contributed by atoms with Crippen molar-refractivity contribution in [3.63, 3.8) is 0 Å². The number of aromatic nitrogens is 1. The molecule has 23 heavy (non-hydrogen) atoms. The molecule has 1 aromatic carbocycles. The lowest BCUT2D eigenvalue weighted by molar-refractivity contribution is -0.231. The molecule has 2 unspecified atom stereocenters. The second-order valence-electron chi connectivity index (χ2n) is 5.85. The number of rotatable bonds is 4. The summed E-state index contributed by atoms with van der Waals surface area (Å²) in [5.41, 5.74) is 1.72. The minimum atomic E-state index is -1.36. The first-order valence-corrected chi connectivity index (χ1v) is 7.60. The van der Waals surface area contributed by atoms with Crippen LogP contribution in [-0.2, 0) is 11.3 Å². The molecule has 0 amide bonds. The maximum absolute atomic E-state index is 10.2. The molecule has 0 radical (unpaired) electrons. The van der Waals surface area contributed by atoms with Gasteiger partial charge in [-0.3, -0.25) is 0 Å². The summed E-state index contributed by atoms with van der Waals surface area (Å²) in [5.74, 6) is 0. The van der Waals surface area contributed by atoms with E-state index in [0.29, 0.717) is 12.1 Å². The Morgan fingerprint density at radius 2 is 1.70 bits per heavy atom. The molecule has 0 saturated carbocycles. The van der Waals surface area contributed by atoms with Crippen molar-refractivity contribution >= 4 is 0 Å². The fourth-order valence-electron chi connectivity index (χ4n) is 2.93. The summed E-state index contributed by atoms with van der Waals surface area (Å²) in [6.07, 6.45) is -1.73. The first kappa shape index (κ1) is 16.2. The molecule has 0 aliphatic carbocycles. The molecule has 2 heterocycles. The van der Waals surface area contributed by atoms with E-state index in [4.69, 9.17) is 4.74 Å². The predicted octanol–water partition coefficient (Wildman–Crippen LogP) is 0.0513.